The maximum absolute atomic E-state index is 12.8. The Kier molecular flexibility index (Phi) is 6.07. The summed E-state index contributed by atoms with van der Waals surface area (Å²) in [5.41, 5.74) is 4.43. The molecular weight excluding hydrogens is 388 g/mol. The molecule has 0 aliphatic carbocycles. The SMILES string of the molecule is CC(=O)c1ccc(NC(=O)C2CCCN(c3ccc(-c4ccccc4C)nn3)C2)cc1. The molecule has 2 heterocycles. The van der Waals surface area contributed by atoms with Crippen LogP contribution in [0.25, 0.3) is 11.3 Å². The minimum Gasteiger partial charge on any atom is -0.354 e. The molecule has 3 aromatic rings. The van der Waals surface area contributed by atoms with E-state index in [2.05, 4.69) is 33.4 Å². The molecule has 1 N–H and O–H groups in total. The van der Waals surface area contributed by atoms with E-state index in [0.717, 1.165) is 42.0 Å². The first-order valence-corrected chi connectivity index (χ1v) is 10.6. The van der Waals surface area contributed by atoms with Crippen molar-refractivity contribution in [3.63, 3.8) is 0 Å². The molecule has 1 amide bonds. The van der Waals surface area contributed by atoms with E-state index in [1.165, 1.54) is 6.92 Å². The number of anilines is 2. The number of piperidine rings is 1. The molecule has 6 nitrogen and oxygen atoms in total. The Hall–Kier alpha value is -3.54. The number of amides is 1. The Morgan fingerprint density at radius 1 is 1.00 bits per heavy atom. The monoisotopic (exact) mass is 414 g/mol. The van der Waals surface area contributed by atoms with Crippen molar-refractivity contribution in [2.75, 3.05) is 23.3 Å². The topological polar surface area (TPSA) is 75.2 Å². The number of hydrogen-bond acceptors (Lipinski definition) is 5. The average molecular weight is 415 g/mol. The van der Waals surface area contributed by atoms with Gasteiger partial charge in [-0.2, -0.15) is 0 Å². The van der Waals surface area contributed by atoms with Crippen molar-refractivity contribution >= 4 is 23.2 Å². The molecule has 1 atom stereocenters. The van der Waals surface area contributed by atoms with Gasteiger partial charge in [0.05, 0.1) is 11.6 Å². The van der Waals surface area contributed by atoms with E-state index in [4.69, 9.17) is 0 Å². The Morgan fingerprint density at radius 2 is 1.77 bits per heavy atom. The van der Waals surface area contributed by atoms with Crippen molar-refractivity contribution in [3.05, 3.63) is 71.8 Å². The zero-order valence-corrected chi connectivity index (χ0v) is 17.8. The van der Waals surface area contributed by atoms with E-state index in [1.54, 1.807) is 24.3 Å². The molecule has 1 aliphatic rings. The molecule has 4 rings (SSSR count). The number of Topliss-reactive ketones (excluding diaryl/α,β-unsaturated/α-hetero) is 1. The zero-order valence-electron chi connectivity index (χ0n) is 17.8. The van der Waals surface area contributed by atoms with E-state index in [1.807, 2.05) is 30.3 Å². The number of ketones is 1. The van der Waals surface area contributed by atoms with Gasteiger partial charge >= 0.3 is 0 Å². The van der Waals surface area contributed by atoms with Crippen LogP contribution in [0.2, 0.25) is 0 Å². The predicted octanol–water partition coefficient (Wildman–Crippen LogP) is 4.51. The first-order valence-electron chi connectivity index (χ1n) is 10.6. The summed E-state index contributed by atoms with van der Waals surface area (Å²) >= 11 is 0. The minimum absolute atomic E-state index is 0.00948. The molecule has 1 fully saturated rings. The number of aryl methyl sites for hydroxylation is 1. The quantitative estimate of drug-likeness (QED) is 0.622. The molecule has 1 aromatic heterocycles. The Labute approximate surface area is 182 Å². The van der Waals surface area contributed by atoms with E-state index >= 15 is 0 Å². The lowest BCUT2D eigenvalue weighted by Crippen LogP contribution is -2.41. The molecule has 6 heteroatoms. The van der Waals surface area contributed by atoms with Crippen LogP contribution in [0.4, 0.5) is 11.5 Å². The fourth-order valence-corrected chi connectivity index (χ4v) is 3.93. The van der Waals surface area contributed by atoms with Crippen LogP contribution in [-0.2, 0) is 4.79 Å². The van der Waals surface area contributed by atoms with Gasteiger partial charge in [-0.3, -0.25) is 9.59 Å². The maximum atomic E-state index is 12.8. The highest BCUT2D eigenvalue weighted by Crippen LogP contribution is 2.25. The lowest BCUT2D eigenvalue weighted by atomic mass is 9.97. The Morgan fingerprint density at radius 3 is 2.45 bits per heavy atom. The van der Waals surface area contributed by atoms with Crippen LogP contribution in [0.15, 0.2) is 60.7 Å². The van der Waals surface area contributed by atoms with E-state index < -0.39 is 0 Å². The van der Waals surface area contributed by atoms with Gasteiger partial charge in [-0.25, -0.2) is 0 Å². The summed E-state index contributed by atoms with van der Waals surface area (Å²) < 4.78 is 0. The van der Waals surface area contributed by atoms with Gasteiger partial charge in [-0.05, 0) is 68.7 Å². The molecule has 1 saturated heterocycles. The second kappa shape index (κ2) is 9.08. The van der Waals surface area contributed by atoms with Crippen LogP contribution in [-0.4, -0.2) is 35.0 Å². The van der Waals surface area contributed by atoms with Gasteiger partial charge < -0.3 is 10.2 Å². The standard InChI is InChI=1S/C25H26N4O2/c1-17-6-3-4-8-22(17)23-13-14-24(28-27-23)29-15-5-7-20(16-29)25(31)26-21-11-9-19(10-12-21)18(2)30/h3-4,6,8-14,20H,5,7,15-16H2,1-2H3,(H,26,31). The van der Waals surface area contributed by atoms with Crippen molar-refractivity contribution in [1.82, 2.24) is 10.2 Å². The number of benzene rings is 2. The molecule has 158 valence electrons. The Balaban J connectivity index is 1.41. The van der Waals surface area contributed by atoms with Crippen LogP contribution in [0.5, 0.6) is 0 Å². The molecule has 31 heavy (non-hydrogen) atoms. The number of carbonyl (C=O) groups excluding carboxylic acids is 2. The van der Waals surface area contributed by atoms with Crippen molar-refractivity contribution in [2.24, 2.45) is 5.92 Å². The third-order valence-electron chi connectivity index (χ3n) is 5.75. The molecule has 0 spiro atoms. The Bertz CT molecular complexity index is 1080. The van der Waals surface area contributed by atoms with Crippen molar-refractivity contribution in [3.8, 4) is 11.3 Å². The smallest absolute Gasteiger partial charge is 0.229 e. The molecule has 0 saturated carbocycles. The highest BCUT2D eigenvalue weighted by atomic mass is 16.2. The second-order valence-corrected chi connectivity index (χ2v) is 8.00. The minimum atomic E-state index is -0.126. The largest absolute Gasteiger partial charge is 0.354 e. The summed E-state index contributed by atoms with van der Waals surface area (Å²) in [5, 5.41) is 11.8. The first kappa shape index (κ1) is 20.7. The third-order valence-corrected chi connectivity index (χ3v) is 5.75. The predicted molar refractivity (Wildman–Crippen MR) is 122 cm³/mol. The molecular formula is C25H26N4O2. The summed E-state index contributed by atoms with van der Waals surface area (Å²) in [4.78, 5) is 26.3. The van der Waals surface area contributed by atoms with Gasteiger partial charge in [0, 0.05) is 29.9 Å². The van der Waals surface area contributed by atoms with Gasteiger partial charge in [-0.1, -0.05) is 24.3 Å². The number of hydrogen-bond donors (Lipinski definition) is 1. The van der Waals surface area contributed by atoms with Crippen LogP contribution in [0.3, 0.4) is 0 Å². The summed E-state index contributed by atoms with van der Waals surface area (Å²) in [7, 11) is 0. The van der Waals surface area contributed by atoms with Crippen LogP contribution in [0.1, 0.15) is 35.7 Å². The summed E-state index contributed by atoms with van der Waals surface area (Å²) in [6.07, 6.45) is 1.76. The lowest BCUT2D eigenvalue weighted by molar-refractivity contribution is -0.120. The fourth-order valence-electron chi connectivity index (χ4n) is 3.93. The van der Waals surface area contributed by atoms with E-state index in [9.17, 15) is 9.59 Å². The molecule has 1 unspecified atom stereocenters. The number of rotatable bonds is 5. The van der Waals surface area contributed by atoms with Crippen molar-refractivity contribution in [1.29, 1.82) is 0 Å². The zero-order chi connectivity index (χ0) is 21.8. The number of nitrogens with zero attached hydrogens (tertiary/aromatic N) is 3. The highest BCUT2D eigenvalue weighted by Gasteiger charge is 2.27. The van der Waals surface area contributed by atoms with Crippen LogP contribution in [0, 0.1) is 12.8 Å². The normalized spacial score (nSPS) is 16.1. The first-order chi connectivity index (χ1) is 15.0. The van der Waals surface area contributed by atoms with E-state index in [-0.39, 0.29) is 17.6 Å². The van der Waals surface area contributed by atoms with Gasteiger partial charge in [0.15, 0.2) is 11.6 Å². The fraction of sp³-hybridized carbons (Fsp3) is 0.280. The van der Waals surface area contributed by atoms with Crippen LogP contribution >= 0.6 is 0 Å². The summed E-state index contributed by atoms with van der Waals surface area (Å²) in [5.74, 6) is 0.667. The third kappa shape index (κ3) is 4.79. The number of nitrogens with one attached hydrogen (secondary N) is 1. The van der Waals surface area contributed by atoms with Gasteiger partial charge in [0.25, 0.3) is 0 Å². The number of carbonyl (C=O) groups is 2. The molecule has 2 aromatic carbocycles. The van der Waals surface area contributed by atoms with E-state index in [0.29, 0.717) is 17.8 Å². The highest BCUT2D eigenvalue weighted by molar-refractivity contribution is 5.96. The summed E-state index contributed by atoms with van der Waals surface area (Å²) in [6.45, 7) is 5.05. The van der Waals surface area contributed by atoms with Gasteiger partial charge in [-0.15, -0.1) is 10.2 Å². The summed E-state index contributed by atoms with van der Waals surface area (Å²) in [6, 6.07) is 19.1. The lowest BCUT2D eigenvalue weighted by Gasteiger charge is -2.32. The van der Waals surface area contributed by atoms with Gasteiger partial charge in [0.1, 0.15) is 0 Å². The van der Waals surface area contributed by atoms with Crippen molar-refractivity contribution in [2.45, 2.75) is 26.7 Å². The maximum Gasteiger partial charge on any atom is 0.229 e. The second-order valence-electron chi connectivity index (χ2n) is 8.00. The van der Waals surface area contributed by atoms with Crippen molar-refractivity contribution < 1.29 is 9.59 Å². The van der Waals surface area contributed by atoms with Crippen LogP contribution < -0.4 is 10.2 Å². The van der Waals surface area contributed by atoms with Gasteiger partial charge in [0.2, 0.25) is 5.91 Å². The number of aromatic nitrogens is 2. The molecule has 1 aliphatic heterocycles. The molecule has 0 bridgehead atoms. The average Bonchev–Trinajstić information content (AvgIpc) is 2.80. The molecule has 0 radical (unpaired) electrons.